The van der Waals surface area contributed by atoms with Crippen LogP contribution in [-0.4, -0.2) is 26.1 Å². The van der Waals surface area contributed by atoms with Crippen LogP contribution in [0.5, 0.6) is 11.5 Å². The van der Waals surface area contributed by atoms with E-state index in [9.17, 15) is 13.6 Å². The van der Waals surface area contributed by atoms with Gasteiger partial charge in [0.15, 0.2) is 5.70 Å². The Hall–Kier alpha value is -3.22. The van der Waals surface area contributed by atoms with Gasteiger partial charge in [-0.05, 0) is 30.3 Å². The number of ether oxygens (including phenoxy) is 3. The van der Waals surface area contributed by atoms with Crippen LogP contribution in [0, 0.1) is 11.6 Å². The largest absolute Gasteiger partial charge is 0.497 e. The lowest BCUT2D eigenvalue weighted by Crippen LogP contribution is -2.06. The number of hydrogen-bond donors (Lipinski definition) is 0. The number of carbonyl (C=O) groups excluding carboxylic acids is 1. The van der Waals surface area contributed by atoms with Gasteiger partial charge in [0.1, 0.15) is 23.1 Å². The van der Waals surface area contributed by atoms with Crippen molar-refractivity contribution in [1.82, 2.24) is 0 Å². The Morgan fingerprint density at radius 3 is 2.32 bits per heavy atom. The van der Waals surface area contributed by atoms with Gasteiger partial charge in [-0.15, -0.1) is 0 Å². The summed E-state index contributed by atoms with van der Waals surface area (Å²) in [6, 6.07) is 7.93. The van der Waals surface area contributed by atoms with E-state index < -0.39 is 17.6 Å². The van der Waals surface area contributed by atoms with Crippen molar-refractivity contribution in [2.75, 3.05) is 14.2 Å². The summed E-state index contributed by atoms with van der Waals surface area (Å²) in [6.45, 7) is 0. The number of halogens is 2. The first-order valence-corrected chi connectivity index (χ1v) is 7.21. The van der Waals surface area contributed by atoms with Crippen molar-refractivity contribution >= 4 is 17.9 Å². The first kappa shape index (κ1) is 16.6. The maximum absolute atomic E-state index is 13.7. The third-order valence-electron chi connectivity index (χ3n) is 3.47. The summed E-state index contributed by atoms with van der Waals surface area (Å²) in [6.07, 6.45) is 1.20. The Balaban J connectivity index is 1.99. The second-order valence-corrected chi connectivity index (χ2v) is 5.10. The van der Waals surface area contributed by atoms with Crippen molar-refractivity contribution in [2.45, 2.75) is 0 Å². The summed E-state index contributed by atoms with van der Waals surface area (Å²) in [5.41, 5.74) is 0.399. The molecule has 2 aromatic rings. The molecule has 0 saturated carbocycles. The number of cyclic esters (lactones) is 1. The molecule has 0 bridgehead atoms. The van der Waals surface area contributed by atoms with E-state index in [4.69, 9.17) is 14.2 Å². The zero-order valence-corrected chi connectivity index (χ0v) is 13.4. The predicted molar refractivity (Wildman–Crippen MR) is 86.5 cm³/mol. The van der Waals surface area contributed by atoms with Crippen LogP contribution in [0.25, 0.3) is 6.08 Å². The average Bonchev–Trinajstić information content (AvgIpc) is 2.97. The lowest BCUT2D eigenvalue weighted by atomic mass is 10.1. The van der Waals surface area contributed by atoms with Gasteiger partial charge in [-0.2, -0.15) is 0 Å². The lowest BCUT2D eigenvalue weighted by Gasteiger charge is -2.07. The molecule has 0 aromatic heterocycles. The number of benzene rings is 2. The van der Waals surface area contributed by atoms with Gasteiger partial charge in [-0.25, -0.2) is 18.6 Å². The van der Waals surface area contributed by atoms with E-state index in [2.05, 4.69) is 4.99 Å². The van der Waals surface area contributed by atoms with Crippen molar-refractivity contribution < 1.29 is 27.8 Å². The second-order valence-electron chi connectivity index (χ2n) is 5.10. The maximum Gasteiger partial charge on any atom is 0.363 e. The lowest BCUT2D eigenvalue weighted by molar-refractivity contribution is -0.129. The molecule has 128 valence electrons. The van der Waals surface area contributed by atoms with Crippen molar-refractivity contribution in [3.8, 4) is 11.5 Å². The fraction of sp³-hybridized carbons (Fsp3) is 0.111. The molecule has 3 rings (SSSR count). The van der Waals surface area contributed by atoms with E-state index in [1.54, 1.807) is 18.2 Å². The molecule has 2 aromatic carbocycles. The van der Waals surface area contributed by atoms with Crippen LogP contribution < -0.4 is 9.47 Å². The maximum atomic E-state index is 13.7. The quantitative estimate of drug-likeness (QED) is 0.630. The van der Waals surface area contributed by atoms with Gasteiger partial charge >= 0.3 is 5.97 Å². The molecular weight excluding hydrogens is 332 g/mol. The van der Waals surface area contributed by atoms with Gasteiger partial charge in [0.25, 0.3) is 0 Å². The summed E-state index contributed by atoms with van der Waals surface area (Å²) >= 11 is 0. The fourth-order valence-corrected chi connectivity index (χ4v) is 2.23. The second kappa shape index (κ2) is 6.72. The van der Waals surface area contributed by atoms with Gasteiger partial charge in [0.05, 0.1) is 14.2 Å². The van der Waals surface area contributed by atoms with Crippen LogP contribution in [0.4, 0.5) is 8.78 Å². The highest BCUT2D eigenvalue weighted by molar-refractivity contribution is 6.13. The molecule has 5 nitrogen and oxygen atoms in total. The third-order valence-corrected chi connectivity index (χ3v) is 3.47. The molecule has 7 heteroatoms. The minimum absolute atomic E-state index is 0.0292. The van der Waals surface area contributed by atoms with Crippen LogP contribution >= 0.6 is 0 Å². The molecule has 1 aliphatic heterocycles. The highest BCUT2D eigenvalue weighted by Crippen LogP contribution is 2.26. The normalized spacial score (nSPS) is 15.1. The van der Waals surface area contributed by atoms with Crippen LogP contribution in [0.15, 0.2) is 47.1 Å². The van der Waals surface area contributed by atoms with Crippen LogP contribution in [0.1, 0.15) is 11.1 Å². The number of carbonyl (C=O) groups is 1. The van der Waals surface area contributed by atoms with E-state index in [0.29, 0.717) is 17.1 Å². The van der Waals surface area contributed by atoms with Crippen molar-refractivity contribution in [3.63, 3.8) is 0 Å². The molecule has 0 N–H and O–H groups in total. The number of esters is 1. The summed E-state index contributed by atoms with van der Waals surface area (Å²) < 4.78 is 42.1. The SMILES string of the molecule is COc1cc(OC)cc(C2=NC(=Cc3ccc(F)cc3F)C(=O)O2)c1. The molecule has 0 radical (unpaired) electrons. The first-order chi connectivity index (χ1) is 12.0. The average molecular weight is 345 g/mol. The van der Waals surface area contributed by atoms with Crippen LogP contribution in [0.3, 0.4) is 0 Å². The molecule has 25 heavy (non-hydrogen) atoms. The number of rotatable bonds is 4. The molecule has 0 atom stereocenters. The standard InChI is InChI=1S/C18H13F2NO4/c1-23-13-5-11(6-14(9-13)24-2)17-21-16(18(22)25-17)7-10-3-4-12(19)8-15(10)20/h3-9H,1-2H3. The Morgan fingerprint density at radius 2 is 1.72 bits per heavy atom. The highest BCUT2D eigenvalue weighted by atomic mass is 19.1. The molecule has 1 aliphatic rings. The van der Waals surface area contributed by atoms with E-state index in [1.165, 1.54) is 26.4 Å². The Morgan fingerprint density at radius 1 is 1.04 bits per heavy atom. The van der Waals surface area contributed by atoms with E-state index in [-0.39, 0.29) is 17.2 Å². The molecule has 0 amide bonds. The zero-order chi connectivity index (χ0) is 18.0. The molecule has 0 saturated heterocycles. The van der Waals surface area contributed by atoms with Gasteiger partial charge < -0.3 is 14.2 Å². The van der Waals surface area contributed by atoms with Gasteiger partial charge in [-0.1, -0.05) is 0 Å². The molecule has 1 heterocycles. The zero-order valence-electron chi connectivity index (χ0n) is 13.4. The summed E-state index contributed by atoms with van der Waals surface area (Å²) in [5.74, 6) is -1.21. The molecule has 0 unspecified atom stereocenters. The monoisotopic (exact) mass is 345 g/mol. The van der Waals surface area contributed by atoms with Crippen LogP contribution in [0.2, 0.25) is 0 Å². The Labute approximate surface area is 142 Å². The summed E-state index contributed by atoms with van der Waals surface area (Å²) in [5, 5.41) is 0. The number of nitrogens with zero attached hydrogens (tertiary/aromatic N) is 1. The molecule has 0 fully saturated rings. The predicted octanol–water partition coefficient (Wildman–Crippen LogP) is 3.33. The Kier molecular flexibility index (Phi) is 4.47. The first-order valence-electron chi connectivity index (χ1n) is 7.21. The van der Waals surface area contributed by atoms with Gasteiger partial charge in [-0.3, -0.25) is 0 Å². The van der Waals surface area contributed by atoms with E-state index in [0.717, 1.165) is 12.1 Å². The van der Waals surface area contributed by atoms with Gasteiger partial charge in [0, 0.05) is 23.3 Å². The van der Waals surface area contributed by atoms with Crippen LogP contribution in [-0.2, 0) is 9.53 Å². The van der Waals surface area contributed by atoms with Crippen molar-refractivity contribution in [3.05, 3.63) is 64.9 Å². The van der Waals surface area contributed by atoms with Crippen molar-refractivity contribution in [1.29, 1.82) is 0 Å². The third kappa shape index (κ3) is 3.50. The number of methoxy groups -OCH3 is 2. The minimum Gasteiger partial charge on any atom is -0.497 e. The van der Waals surface area contributed by atoms with E-state index >= 15 is 0 Å². The number of hydrogen-bond acceptors (Lipinski definition) is 5. The Bertz CT molecular complexity index is 884. The summed E-state index contributed by atoms with van der Waals surface area (Å²) in [4.78, 5) is 16.1. The smallest absolute Gasteiger partial charge is 0.363 e. The number of aliphatic imine (C=N–C) groups is 1. The highest BCUT2D eigenvalue weighted by Gasteiger charge is 2.25. The van der Waals surface area contributed by atoms with E-state index in [1.807, 2.05) is 0 Å². The van der Waals surface area contributed by atoms with Gasteiger partial charge in [0.2, 0.25) is 5.90 Å². The summed E-state index contributed by atoms with van der Waals surface area (Å²) in [7, 11) is 2.98. The topological polar surface area (TPSA) is 57.1 Å². The molecule has 0 spiro atoms. The minimum atomic E-state index is -0.799. The molecular formula is C18H13F2NO4. The van der Waals surface area contributed by atoms with Crippen molar-refractivity contribution in [2.24, 2.45) is 4.99 Å². The fourth-order valence-electron chi connectivity index (χ4n) is 2.23. The molecule has 0 aliphatic carbocycles.